The van der Waals surface area contributed by atoms with E-state index in [9.17, 15) is 13.2 Å². The molecule has 0 bridgehead atoms. The molecule has 1 aliphatic rings. The number of ether oxygens (including phenoxy) is 1. The van der Waals surface area contributed by atoms with Gasteiger partial charge in [0, 0.05) is 6.54 Å². The Labute approximate surface area is 122 Å². The van der Waals surface area contributed by atoms with Crippen molar-refractivity contribution >= 4 is 16.0 Å². The first-order valence-corrected chi connectivity index (χ1v) is 7.70. The highest BCUT2D eigenvalue weighted by atomic mass is 32.2. The molecular formula is C13H14N2O5S. The van der Waals surface area contributed by atoms with E-state index in [0.717, 1.165) is 4.31 Å². The normalized spacial score (nSPS) is 19.9. The van der Waals surface area contributed by atoms with E-state index in [1.807, 2.05) is 6.07 Å². The third-order valence-corrected chi connectivity index (χ3v) is 5.14. The molecule has 0 aliphatic carbocycles. The lowest BCUT2D eigenvalue weighted by molar-refractivity contribution is -0.139. The van der Waals surface area contributed by atoms with Crippen molar-refractivity contribution in [2.24, 2.45) is 0 Å². The van der Waals surface area contributed by atoms with E-state index in [4.69, 9.17) is 15.1 Å². The number of nitriles is 1. The van der Waals surface area contributed by atoms with Crippen LogP contribution in [0.3, 0.4) is 0 Å². The van der Waals surface area contributed by atoms with Crippen molar-refractivity contribution in [2.45, 2.75) is 17.4 Å². The number of rotatable bonds is 4. The summed E-state index contributed by atoms with van der Waals surface area (Å²) in [5, 5.41) is 17.6. The molecule has 1 atom stereocenters. The summed E-state index contributed by atoms with van der Waals surface area (Å²) in [5.74, 6) is -1.08. The van der Waals surface area contributed by atoms with E-state index in [0.29, 0.717) is 5.56 Å². The van der Waals surface area contributed by atoms with E-state index in [1.165, 1.54) is 24.3 Å². The van der Waals surface area contributed by atoms with Crippen molar-refractivity contribution < 1.29 is 23.1 Å². The first-order chi connectivity index (χ1) is 9.95. The van der Waals surface area contributed by atoms with Gasteiger partial charge in [-0.25, -0.2) is 8.42 Å². The minimum atomic E-state index is -3.80. The number of aliphatic carboxylic acids is 1. The van der Waals surface area contributed by atoms with Gasteiger partial charge in [0.1, 0.15) is 0 Å². The van der Waals surface area contributed by atoms with Crippen LogP contribution in [0.1, 0.15) is 12.0 Å². The lowest BCUT2D eigenvalue weighted by Crippen LogP contribution is -2.49. The van der Waals surface area contributed by atoms with Crippen LogP contribution in [0.15, 0.2) is 29.2 Å². The van der Waals surface area contributed by atoms with E-state index in [-0.39, 0.29) is 31.1 Å². The molecule has 0 aromatic heterocycles. The minimum absolute atomic E-state index is 0.0405. The Morgan fingerprint density at radius 3 is 2.67 bits per heavy atom. The molecule has 1 heterocycles. The summed E-state index contributed by atoms with van der Waals surface area (Å²) in [6.45, 7) is 0.397. The van der Waals surface area contributed by atoms with Crippen LogP contribution in [0.2, 0.25) is 0 Å². The molecule has 1 aliphatic heterocycles. The van der Waals surface area contributed by atoms with Gasteiger partial charge in [0.15, 0.2) is 0 Å². The SMILES string of the molecule is N#Cc1ccc(S(=O)(=O)N2CCOCC2CC(=O)O)cc1. The fourth-order valence-corrected chi connectivity index (χ4v) is 3.75. The molecule has 1 aromatic carbocycles. The zero-order chi connectivity index (χ0) is 15.5. The van der Waals surface area contributed by atoms with E-state index in [2.05, 4.69) is 0 Å². The van der Waals surface area contributed by atoms with Crippen molar-refractivity contribution in [3.05, 3.63) is 29.8 Å². The van der Waals surface area contributed by atoms with Crippen LogP contribution in [0.4, 0.5) is 0 Å². The number of carboxylic acid groups (broad SMARTS) is 1. The summed E-state index contributed by atoms with van der Waals surface area (Å²) in [6.07, 6.45) is -0.310. The number of benzene rings is 1. The predicted molar refractivity (Wildman–Crippen MR) is 71.9 cm³/mol. The van der Waals surface area contributed by atoms with Crippen molar-refractivity contribution in [1.29, 1.82) is 5.26 Å². The molecule has 7 nitrogen and oxygen atoms in total. The Morgan fingerprint density at radius 1 is 1.43 bits per heavy atom. The highest BCUT2D eigenvalue weighted by molar-refractivity contribution is 7.89. The molecule has 1 N–H and O–H groups in total. The Kier molecular flexibility index (Phi) is 4.57. The molecule has 0 spiro atoms. The third kappa shape index (κ3) is 3.39. The maximum absolute atomic E-state index is 12.6. The number of hydrogen-bond donors (Lipinski definition) is 1. The summed E-state index contributed by atoms with van der Waals surface area (Å²) >= 11 is 0. The lowest BCUT2D eigenvalue weighted by atomic mass is 10.2. The number of sulfonamides is 1. The monoisotopic (exact) mass is 310 g/mol. The number of morpholine rings is 1. The van der Waals surface area contributed by atoms with E-state index < -0.39 is 22.0 Å². The largest absolute Gasteiger partial charge is 0.481 e. The van der Waals surface area contributed by atoms with Crippen LogP contribution in [0, 0.1) is 11.3 Å². The van der Waals surface area contributed by atoms with Crippen LogP contribution >= 0.6 is 0 Å². The predicted octanol–water partition coefficient (Wildman–Crippen LogP) is 0.422. The van der Waals surface area contributed by atoms with Crippen LogP contribution in [0.25, 0.3) is 0 Å². The Morgan fingerprint density at radius 2 is 2.10 bits per heavy atom. The Balaban J connectivity index is 2.31. The summed E-state index contributed by atoms with van der Waals surface area (Å²) in [4.78, 5) is 10.9. The molecule has 21 heavy (non-hydrogen) atoms. The summed E-state index contributed by atoms with van der Waals surface area (Å²) in [5.41, 5.74) is 0.359. The highest BCUT2D eigenvalue weighted by Crippen LogP contribution is 2.22. The average molecular weight is 310 g/mol. The number of carboxylic acids is 1. The summed E-state index contributed by atoms with van der Waals surface area (Å²) in [6, 6.07) is 6.72. The van der Waals surface area contributed by atoms with Crippen LogP contribution in [-0.4, -0.2) is 49.6 Å². The van der Waals surface area contributed by atoms with E-state index in [1.54, 1.807) is 0 Å². The fourth-order valence-electron chi connectivity index (χ4n) is 2.16. The van der Waals surface area contributed by atoms with Crippen molar-refractivity contribution in [3.8, 4) is 6.07 Å². The average Bonchev–Trinajstić information content (AvgIpc) is 2.47. The second-order valence-corrected chi connectivity index (χ2v) is 6.47. The molecule has 112 valence electrons. The standard InChI is InChI=1S/C13H14N2O5S/c14-8-10-1-3-12(4-2-10)21(18,19)15-5-6-20-9-11(15)7-13(16)17/h1-4,11H,5-7,9H2,(H,16,17). The van der Waals surface area contributed by atoms with Crippen LogP contribution in [0.5, 0.6) is 0 Å². The smallest absolute Gasteiger partial charge is 0.305 e. The van der Waals surface area contributed by atoms with Gasteiger partial charge >= 0.3 is 5.97 Å². The van der Waals surface area contributed by atoms with Gasteiger partial charge in [-0.1, -0.05) is 0 Å². The quantitative estimate of drug-likeness (QED) is 0.863. The van der Waals surface area contributed by atoms with Gasteiger partial charge in [-0.05, 0) is 24.3 Å². The second kappa shape index (κ2) is 6.22. The van der Waals surface area contributed by atoms with Gasteiger partial charge in [-0.2, -0.15) is 9.57 Å². The molecule has 1 aromatic rings. The molecule has 1 saturated heterocycles. The maximum Gasteiger partial charge on any atom is 0.305 e. The van der Waals surface area contributed by atoms with Gasteiger partial charge < -0.3 is 9.84 Å². The Hall–Kier alpha value is -1.95. The van der Waals surface area contributed by atoms with Crippen LogP contribution in [-0.2, 0) is 19.6 Å². The second-order valence-electron chi connectivity index (χ2n) is 4.58. The molecule has 2 rings (SSSR count). The minimum Gasteiger partial charge on any atom is -0.481 e. The van der Waals surface area contributed by atoms with Crippen molar-refractivity contribution in [1.82, 2.24) is 4.31 Å². The molecular weight excluding hydrogens is 296 g/mol. The lowest BCUT2D eigenvalue weighted by Gasteiger charge is -2.33. The number of carbonyl (C=O) groups is 1. The number of nitrogens with zero attached hydrogens (tertiary/aromatic N) is 2. The highest BCUT2D eigenvalue weighted by Gasteiger charge is 2.35. The summed E-state index contributed by atoms with van der Waals surface area (Å²) < 4.78 is 31.5. The molecule has 0 radical (unpaired) electrons. The van der Waals surface area contributed by atoms with Crippen molar-refractivity contribution in [2.75, 3.05) is 19.8 Å². The fraction of sp³-hybridized carbons (Fsp3) is 0.385. The van der Waals surface area contributed by atoms with Crippen molar-refractivity contribution in [3.63, 3.8) is 0 Å². The topological polar surface area (TPSA) is 108 Å². The molecule has 0 saturated carbocycles. The van der Waals surface area contributed by atoms with Crippen LogP contribution < -0.4 is 0 Å². The summed E-state index contributed by atoms with van der Waals surface area (Å²) in [7, 11) is -3.80. The molecule has 0 amide bonds. The van der Waals surface area contributed by atoms with Gasteiger partial charge in [0.05, 0.1) is 42.2 Å². The third-order valence-electron chi connectivity index (χ3n) is 3.17. The first kappa shape index (κ1) is 15.4. The van der Waals surface area contributed by atoms with Gasteiger partial charge in [-0.3, -0.25) is 4.79 Å². The zero-order valence-corrected chi connectivity index (χ0v) is 11.9. The first-order valence-electron chi connectivity index (χ1n) is 6.26. The van der Waals surface area contributed by atoms with Gasteiger partial charge in [-0.15, -0.1) is 0 Å². The Bertz CT molecular complexity index is 663. The number of hydrogen-bond acceptors (Lipinski definition) is 5. The van der Waals surface area contributed by atoms with E-state index >= 15 is 0 Å². The van der Waals surface area contributed by atoms with Gasteiger partial charge in [0.25, 0.3) is 0 Å². The van der Waals surface area contributed by atoms with Gasteiger partial charge in [0.2, 0.25) is 10.0 Å². The zero-order valence-electron chi connectivity index (χ0n) is 11.1. The molecule has 8 heteroatoms. The molecule has 1 fully saturated rings. The molecule has 1 unspecified atom stereocenters. The maximum atomic E-state index is 12.6.